The minimum atomic E-state index is 0.935. The monoisotopic (exact) mass is 251 g/mol. The lowest BCUT2D eigenvalue weighted by Crippen LogP contribution is -2.00. The Balaban J connectivity index is 3.20. The van der Waals surface area contributed by atoms with E-state index in [-0.39, 0.29) is 0 Å². The summed E-state index contributed by atoms with van der Waals surface area (Å²) in [6.45, 7) is 8.99. The fraction of sp³-hybridized carbons (Fsp3) is 0.308. The second-order valence-corrected chi connectivity index (χ2v) is 4.89. The van der Waals surface area contributed by atoms with Gasteiger partial charge in [0.1, 0.15) is 0 Å². The van der Waals surface area contributed by atoms with Crippen LogP contribution in [0.15, 0.2) is 36.3 Å². The first kappa shape index (κ1) is 13.1. The number of nitrogens with zero attached hydrogens (tertiary/aromatic N) is 1. The highest BCUT2D eigenvalue weighted by atomic mass is 32.1. The van der Waals surface area contributed by atoms with Crippen LogP contribution in [0.1, 0.15) is 26.0 Å². The molecular weight excluding hydrogens is 234 g/mol. The van der Waals surface area contributed by atoms with Crippen molar-refractivity contribution in [1.29, 1.82) is 0 Å². The van der Waals surface area contributed by atoms with Gasteiger partial charge in [0.05, 0.1) is 5.69 Å². The second kappa shape index (κ2) is 6.61. The highest BCUT2D eigenvalue weighted by Gasteiger charge is 2.05. The summed E-state index contributed by atoms with van der Waals surface area (Å²) in [5, 5.41) is 2.11. The molecule has 0 radical (unpaired) electrons. The molecule has 0 N–H and O–H groups in total. The molecule has 1 heterocycles. The van der Waals surface area contributed by atoms with Crippen LogP contribution in [0.25, 0.3) is 5.57 Å². The molecule has 1 nitrogen and oxygen atoms in total. The van der Waals surface area contributed by atoms with Crippen molar-refractivity contribution < 1.29 is 0 Å². The largest absolute Gasteiger partial charge is 0.323 e. The predicted molar refractivity (Wildman–Crippen MR) is 76.4 cm³/mol. The second-order valence-electron chi connectivity index (χ2n) is 3.39. The normalized spacial score (nSPS) is 12.2. The maximum atomic E-state index is 5.32. The van der Waals surface area contributed by atoms with E-state index in [1.807, 2.05) is 25.2 Å². The highest BCUT2D eigenvalue weighted by Crippen LogP contribution is 2.21. The Morgan fingerprint density at radius 3 is 2.94 bits per heavy atom. The fourth-order valence-corrected chi connectivity index (χ4v) is 2.58. The van der Waals surface area contributed by atoms with Crippen molar-refractivity contribution >= 4 is 29.1 Å². The van der Waals surface area contributed by atoms with Crippen LogP contribution in [0.2, 0.25) is 0 Å². The van der Waals surface area contributed by atoms with E-state index in [0.717, 1.165) is 22.5 Å². The van der Waals surface area contributed by atoms with Crippen molar-refractivity contribution in [3.8, 4) is 0 Å². The molecule has 0 saturated heterocycles. The summed E-state index contributed by atoms with van der Waals surface area (Å²) in [7, 11) is 0. The number of hydrogen-bond acceptors (Lipinski definition) is 2. The van der Waals surface area contributed by atoms with Crippen LogP contribution in [0.5, 0.6) is 0 Å². The average Bonchev–Trinajstić information content (AvgIpc) is 2.63. The summed E-state index contributed by atoms with van der Waals surface area (Å²) in [4.78, 5) is 0. The first-order chi connectivity index (χ1) is 7.74. The Hall–Kier alpha value is -0.930. The van der Waals surface area contributed by atoms with E-state index >= 15 is 0 Å². The zero-order valence-corrected chi connectivity index (χ0v) is 11.4. The van der Waals surface area contributed by atoms with E-state index in [4.69, 9.17) is 12.2 Å². The lowest BCUT2D eigenvalue weighted by Gasteiger charge is -2.07. The van der Waals surface area contributed by atoms with E-state index in [0.29, 0.717) is 0 Å². The molecule has 16 heavy (non-hydrogen) atoms. The van der Waals surface area contributed by atoms with Gasteiger partial charge in [0, 0.05) is 11.9 Å². The summed E-state index contributed by atoms with van der Waals surface area (Å²) in [6.07, 6.45) is 9.06. The molecule has 1 aromatic rings. The third-order valence-corrected chi connectivity index (χ3v) is 3.49. The minimum absolute atomic E-state index is 0.935. The Bertz CT molecular complexity index is 461. The molecule has 0 aliphatic heterocycles. The quantitative estimate of drug-likeness (QED) is 0.536. The average molecular weight is 251 g/mol. The van der Waals surface area contributed by atoms with Crippen molar-refractivity contribution in [2.45, 2.75) is 26.8 Å². The van der Waals surface area contributed by atoms with Crippen LogP contribution in [0.3, 0.4) is 0 Å². The number of hydrogen-bond donors (Lipinski definition) is 0. The van der Waals surface area contributed by atoms with Gasteiger partial charge in [-0.2, -0.15) is 0 Å². The van der Waals surface area contributed by atoms with E-state index in [1.54, 1.807) is 11.3 Å². The number of aromatic nitrogens is 1. The Kier molecular flexibility index (Phi) is 5.43. The molecule has 0 fully saturated rings. The molecule has 0 atom stereocenters. The molecule has 0 amide bonds. The Labute approximate surface area is 106 Å². The Morgan fingerprint density at radius 2 is 2.38 bits per heavy atom. The van der Waals surface area contributed by atoms with Crippen molar-refractivity contribution in [2.75, 3.05) is 0 Å². The van der Waals surface area contributed by atoms with Gasteiger partial charge in [0.15, 0.2) is 3.95 Å². The Morgan fingerprint density at radius 1 is 1.62 bits per heavy atom. The van der Waals surface area contributed by atoms with Crippen molar-refractivity contribution in [3.05, 3.63) is 45.9 Å². The van der Waals surface area contributed by atoms with Gasteiger partial charge in [-0.3, -0.25) is 0 Å². The van der Waals surface area contributed by atoms with Gasteiger partial charge in [-0.05, 0) is 31.1 Å². The number of rotatable bonds is 5. The lowest BCUT2D eigenvalue weighted by atomic mass is 10.2. The third kappa shape index (κ3) is 3.03. The van der Waals surface area contributed by atoms with Crippen LogP contribution in [-0.2, 0) is 6.54 Å². The molecule has 86 valence electrons. The van der Waals surface area contributed by atoms with Crippen LogP contribution in [0, 0.1) is 3.95 Å². The topological polar surface area (TPSA) is 4.93 Å². The molecule has 0 aliphatic carbocycles. The van der Waals surface area contributed by atoms with Crippen LogP contribution >= 0.6 is 23.6 Å². The third-order valence-electron chi connectivity index (χ3n) is 2.21. The molecule has 0 aliphatic rings. The van der Waals surface area contributed by atoms with Crippen LogP contribution in [0.4, 0.5) is 0 Å². The molecule has 0 unspecified atom stereocenters. The van der Waals surface area contributed by atoms with Crippen molar-refractivity contribution in [2.24, 2.45) is 0 Å². The SMILES string of the molecule is C=C/C(=C\C=C/C)c1csc(=S)n1CCC. The fourth-order valence-electron chi connectivity index (χ4n) is 1.45. The van der Waals surface area contributed by atoms with Gasteiger partial charge in [-0.25, -0.2) is 0 Å². The molecule has 0 bridgehead atoms. The molecule has 1 aromatic heterocycles. The summed E-state index contributed by atoms with van der Waals surface area (Å²) in [5.41, 5.74) is 2.30. The zero-order chi connectivity index (χ0) is 12.0. The van der Waals surface area contributed by atoms with E-state index in [1.165, 1.54) is 5.69 Å². The summed E-state index contributed by atoms with van der Waals surface area (Å²) in [5.74, 6) is 0. The van der Waals surface area contributed by atoms with Crippen molar-refractivity contribution in [1.82, 2.24) is 4.57 Å². The van der Waals surface area contributed by atoms with E-state index in [2.05, 4.69) is 29.5 Å². The van der Waals surface area contributed by atoms with Gasteiger partial charge in [0.25, 0.3) is 0 Å². The van der Waals surface area contributed by atoms with Gasteiger partial charge in [0.2, 0.25) is 0 Å². The first-order valence-electron chi connectivity index (χ1n) is 5.38. The van der Waals surface area contributed by atoms with E-state index < -0.39 is 0 Å². The molecular formula is C13H17NS2. The molecule has 3 heteroatoms. The summed E-state index contributed by atoms with van der Waals surface area (Å²) in [6, 6.07) is 0. The minimum Gasteiger partial charge on any atom is -0.323 e. The van der Waals surface area contributed by atoms with Crippen LogP contribution in [-0.4, -0.2) is 4.57 Å². The van der Waals surface area contributed by atoms with Gasteiger partial charge in [-0.1, -0.05) is 37.8 Å². The molecule has 0 aromatic carbocycles. The maximum absolute atomic E-state index is 5.32. The molecule has 1 rings (SSSR count). The van der Waals surface area contributed by atoms with Gasteiger partial charge >= 0.3 is 0 Å². The summed E-state index contributed by atoms with van der Waals surface area (Å²) >= 11 is 6.93. The first-order valence-corrected chi connectivity index (χ1v) is 6.67. The molecule has 0 saturated carbocycles. The standard InChI is InChI=1S/C13H17NS2/c1-4-7-8-11(6-3)12-10-16-13(15)14(12)9-5-2/h4,6-8,10H,3,5,9H2,1-2H3/b7-4-,11-8+. The molecule has 0 spiro atoms. The summed E-state index contributed by atoms with van der Waals surface area (Å²) < 4.78 is 3.11. The zero-order valence-electron chi connectivity index (χ0n) is 9.77. The van der Waals surface area contributed by atoms with Crippen LogP contribution < -0.4 is 0 Å². The van der Waals surface area contributed by atoms with E-state index in [9.17, 15) is 0 Å². The smallest absolute Gasteiger partial charge is 0.161 e. The highest BCUT2D eigenvalue weighted by molar-refractivity contribution is 7.73. The number of thiazole rings is 1. The number of allylic oxidation sites excluding steroid dienone is 5. The van der Waals surface area contributed by atoms with Crippen molar-refractivity contribution in [3.63, 3.8) is 0 Å². The van der Waals surface area contributed by atoms with Gasteiger partial charge < -0.3 is 4.57 Å². The van der Waals surface area contributed by atoms with Gasteiger partial charge in [-0.15, -0.1) is 11.3 Å². The predicted octanol–water partition coefficient (Wildman–Crippen LogP) is 4.83. The lowest BCUT2D eigenvalue weighted by molar-refractivity contribution is 0.673. The maximum Gasteiger partial charge on any atom is 0.161 e.